The van der Waals surface area contributed by atoms with Crippen LogP contribution in [0.1, 0.15) is 24.2 Å². The van der Waals surface area contributed by atoms with Crippen LogP contribution in [-0.2, 0) is 9.84 Å². The Morgan fingerprint density at radius 3 is 2.26 bits per heavy atom. The Hall–Kier alpha value is -1.68. The fraction of sp³-hybridized carbons (Fsp3) is 0.267. The van der Waals surface area contributed by atoms with Crippen LogP contribution in [0.2, 0.25) is 0 Å². The lowest BCUT2D eigenvalue weighted by atomic mass is 10.1. The number of hydrogen-bond acceptors (Lipinski definition) is 3. The Labute approximate surface area is 113 Å². The van der Waals surface area contributed by atoms with E-state index in [4.69, 9.17) is 0 Å². The van der Waals surface area contributed by atoms with Crippen molar-refractivity contribution in [2.75, 3.05) is 5.75 Å². The van der Waals surface area contributed by atoms with E-state index in [1.165, 1.54) is 6.07 Å². The molecule has 3 nitrogen and oxygen atoms in total. The van der Waals surface area contributed by atoms with Gasteiger partial charge < -0.3 is 0 Å². The van der Waals surface area contributed by atoms with Gasteiger partial charge in [0.15, 0.2) is 16.1 Å². The monoisotopic (exact) mass is 276 g/mol. The molecule has 19 heavy (non-hydrogen) atoms. The van der Waals surface area contributed by atoms with Gasteiger partial charge in [0.25, 0.3) is 0 Å². The summed E-state index contributed by atoms with van der Waals surface area (Å²) in [6.07, 6.45) is 0.751. The van der Waals surface area contributed by atoms with Crippen LogP contribution in [0.15, 0.2) is 41.3 Å². The van der Waals surface area contributed by atoms with Gasteiger partial charge in [-0.15, -0.1) is 0 Å². The van der Waals surface area contributed by atoms with Crippen molar-refractivity contribution in [2.45, 2.75) is 18.7 Å². The van der Waals surface area contributed by atoms with Crippen molar-refractivity contribution in [1.82, 2.24) is 0 Å². The summed E-state index contributed by atoms with van der Waals surface area (Å²) in [5.74, 6) is 0.173. The summed E-state index contributed by atoms with van der Waals surface area (Å²) in [5, 5.41) is 1.30. The molecule has 2 rings (SSSR count). The van der Waals surface area contributed by atoms with E-state index in [1.807, 2.05) is 13.8 Å². The standard InChI is InChI=1S/C15H16O3S/c1-11(2)10-19(17,18)15-8-7-12(9-16)13-5-3-4-6-14(13)15/h3-9,11H,10H2,1-2H3. The molecule has 0 aliphatic rings. The number of rotatable bonds is 4. The second kappa shape index (κ2) is 5.13. The zero-order valence-corrected chi connectivity index (χ0v) is 11.8. The van der Waals surface area contributed by atoms with Crippen LogP contribution >= 0.6 is 0 Å². The van der Waals surface area contributed by atoms with Crippen LogP contribution in [0.25, 0.3) is 10.8 Å². The fourth-order valence-corrected chi connectivity index (χ4v) is 4.04. The lowest BCUT2D eigenvalue weighted by Crippen LogP contribution is -2.12. The van der Waals surface area contributed by atoms with Gasteiger partial charge in [-0.1, -0.05) is 38.1 Å². The van der Waals surface area contributed by atoms with Crippen molar-refractivity contribution >= 4 is 26.9 Å². The van der Waals surface area contributed by atoms with Gasteiger partial charge in [-0.2, -0.15) is 0 Å². The molecule has 0 atom stereocenters. The molecule has 0 fully saturated rings. The second-order valence-corrected chi connectivity index (χ2v) is 6.99. The van der Waals surface area contributed by atoms with Crippen molar-refractivity contribution in [3.8, 4) is 0 Å². The van der Waals surface area contributed by atoms with Crippen LogP contribution in [0.5, 0.6) is 0 Å². The van der Waals surface area contributed by atoms with Gasteiger partial charge in [0.1, 0.15) is 0 Å². The molecule has 2 aromatic carbocycles. The second-order valence-electron chi connectivity index (χ2n) is 4.99. The molecule has 0 N–H and O–H groups in total. The van der Waals surface area contributed by atoms with Crippen molar-refractivity contribution in [3.63, 3.8) is 0 Å². The minimum absolute atomic E-state index is 0.0644. The normalized spacial score (nSPS) is 11.9. The summed E-state index contributed by atoms with van der Waals surface area (Å²) in [6.45, 7) is 3.75. The van der Waals surface area contributed by atoms with E-state index in [1.54, 1.807) is 30.3 Å². The van der Waals surface area contributed by atoms with Crippen LogP contribution in [0, 0.1) is 5.92 Å². The minimum Gasteiger partial charge on any atom is -0.298 e. The van der Waals surface area contributed by atoms with E-state index in [0.29, 0.717) is 21.2 Å². The molecule has 0 saturated heterocycles. The highest BCUT2D eigenvalue weighted by Crippen LogP contribution is 2.27. The van der Waals surface area contributed by atoms with Gasteiger partial charge in [-0.05, 0) is 23.4 Å². The molecule has 0 spiro atoms. The number of aldehydes is 1. The highest BCUT2D eigenvalue weighted by atomic mass is 32.2. The van der Waals surface area contributed by atoms with Crippen molar-refractivity contribution < 1.29 is 13.2 Å². The number of benzene rings is 2. The quantitative estimate of drug-likeness (QED) is 0.806. The van der Waals surface area contributed by atoms with Crippen molar-refractivity contribution in [1.29, 1.82) is 0 Å². The smallest absolute Gasteiger partial charge is 0.179 e. The average molecular weight is 276 g/mol. The van der Waals surface area contributed by atoms with Crippen LogP contribution < -0.4 is 0 Å². The van der Waals surface area contributed by atoms with Crippen LogP contribution in [-0.4, -0.2) is 20.5 Å². The fourth-order valence-electron chi connectivity index (χ4n) is 2.20. The average Bonchev–Trinajstić information content (AvgIpc) is 2.35. The molecule has 0 heterocycles. The molecule has 0 amide bonds. The van der Waals surface area contributed by atoms with Gasteiger partial charge in [0.05, 0.1) is 10.6 Å². The summed E-state index contributed by atoms with van der Waals surface area (Å²) in [6, 6.07) is 10.2. The zero-order valence-electron chi connectivity index (χ0n) is 11.0. The molecule has 0 aliphatic heterocycles. The maximum atomic E-state index is 12.4. The van der Waals surface area contributed by atoms with Gasteiger partial charge in [-0.3, -0.25) is 4.79 Å². The molecule has 0 aliphatic carbocycles. The van der Waals surface area contributed by atoms with Gasteiger partial charge in [0.2, 0.25) is 0 Å². The Morgan fingerprint density at radius 2 is 1.68 bits per heavy atom. The Morgan fingerprint density at radius 1 is 1.05 bits per heavy atom. The highest BCUT2D eigenvalue weighted by molar-refractivity contribution is 7.91. The van der Waals surface area contributed by atoms with Gasteiger partial charge in [-0.25, -0.2) is 8.42 Å². The SMILES string of the molecule is CC(C)CS(=O)(=O)c1ccc(C=O)c2ccccc12. The van der Waals surface area contributed by atoms with E-state index in [-0.39, 0.29) is 11.7 Å². The van der Waals surface area contributed by atoms with Crippen LogP contribution in [0.3, 0.4) is 0 Å². The van der Waals surface area contributed by atoms with E-state index in [2.05, 4.69) is 0 Å². The van der Waals surface area contributed by atoms with E-state index >= 15 is 0 Å². The molecule has 0 bridgehead atoms. The predicted molar refractivity (Wildman–Crippen MR) is 76.2 cm³/mol. The first-order chi connectivity index (χ1) is 8.95. The third kappa shape index (κ3) is 2.68. The lowest BCUT2D eigenvalue weighted by Gasteiger charge is -2.11. The topological polar surface area (TPSA) is 51.2 Å². The Balaban J connectivity index is 2.73. The summed E-state index contributed by atoms with van der Waals surface area (Å²) in [4.78, 5) is 11.3. The maximum absolute atomic E-state index is 12.4. The molecule has 0 unspecified atom stereocenters. The summed E-state index contributed by atoms with van der Waals surface area (Å²) in [5.41, 5.74) is 0.513. The molecular formula is C15H16O3S. The lowest BCUT2D eigenvalue weighted by molar-refractivity contribution is 0.112. The van der Waals surface area contributed by atoms with Crippen molar-refractivity contribution in [3.05, 3.63) is 42.0 Å². The first kappa shape index (κ1) is 13.7. The number of carbonyl (C=O) groups excluding carboxylic acids is 1. The van der Waals surface area contributed by atoms with Gasteiger partial charge in [0, 0.05) is 10.9 Å². The molecule has 0 saturated carbocycles. The summed E-state index contributed by atoms with van der Waals surface area (Å²) in [7, 11) is -3.33. The Kier molecular flexibility index (Phi) is 3.71. The molecular weight excluding hydrogens is 260 g/mol. The third-order valence-electron chi connectivity index (χ3n) is 2.93. The summed E-state index contributed by atoms with van der Waals surface area (Å²) >= 11 is 0. The maximum Gasteiger partial charge on any atom is 0.179 e. The summed E-state index contributed by atoms with van der Waals surface area (Å²) < 4.78 is 24.7. The third-order valence-corrected chi connectivity index (χ3v) is 5.06. The predicted octanol–water partition coefficient (Wildman–Crippen LogP) is 3.08. The molecule has 0 aromatic heterocycles. The number of fused-ring (bicyclic) bond motifs is 1. The molecule has 0 radical (unpaired) electrons. The number of sulfone groups is 1. The van der Waals surface area contributed by atoms with E-state index in [0.717, 1.165) is 6.29 Å². The van der Waals surface area contributed by atoms with Gasteiger partial charge >= 0.3 is 0 Å². The van der Waals surface area contributed by atoms with E-state index < -0.39 is 9.84 Å². The number of carbonyl (C=O) groups is 1. The first-order valence-corrected chi connectivity index (χ1v) is 7.80. The molecule has 4 heteroatoms. The molecule has 2 aromatic rings. The molecule has 100 valence electrons. The largest absolute Gasteiger partial charge is 0.298 e. The van der Waals surface area contributed by atoms with E-state index in [9.17, 15) is 13.2 Å². The highest BCUT2D eigenvalue weighted by Gasteiger charge is 2.19. The minimum atomic E-state index is -3.33. The Bertz CT molecular complexity index is 715. The number of hydrogen-bond donors (Lipinski definition) is 0. The zero-order chi connectivity index (χ0) is 14.0. The van der Waals surface area contributed by atoms with Crippen molar-refractivity contribution in [2.24, 2.45) is 5.92 Å². The van der Waals surface area contributed by atoms with Crippen LogP contribution in [0.4, 0.5) is 0 Å². The first-order valence-electron chi connectivity index (χ1n) is 6.15.